The fourth-order valence-corrected chi connectivity index (χ4v) is 6.43. The van der Waals surface area contributed by atoms with E-state index in [1.54, 1.807) is 0 Å². The molecule has 6 rings (SSSR count). The highest BCUT2D eigenvalue weighted by Crippen LogP contribution is 2.35. The Balaban J connectivity index is 1.11. The molecule has 1 fully saturated rings. The molecule has 1 heterocycles. The van der Waals surface area contributed by atoms with Crippen LogP contribution in [0.3, 0.4) is 0 Å². The van der Waals surface area contributed by atoms with Crippen LogP contribution in [0, 0.1) is 12.8 Å². The lowest BCUT2D eigenvalue weighted by molar-refractivity contribution is -0.118. The SMILES string of the molecule is Cc1cccc(-c2ccccc2C(=O)Cc2ccc(N3CCC(C(C(=O)Nc4ccccc4)c4ccccc4)CC3)cc2)c1. The number of benzene rings is 5. The van der Waals surface area contributed by atoms with E-state index in [0.717, 1.165) is 65.1 Å². The fourth-order valence-electron chi connectivity index (χ4n) is 6.43. The Morgan fingerprint density at radius 2 is 1.41 bits per heavy atom. The molecule has 1 unspecified atom stereocenters. The number of carbonyl (C=O) groups excluding carboxylic acids is 2. The molecule has 1 amide bonds. The first kappa shape index (κ1) is 29.1. The van der Waals surface area contributed by atoms with Gasteiger partial charge in [0.05, 0.1) is 5.92 Å². The number of rotatable bonds is 9. The van der Waals surface area contributed by atoms with Crippen molar-refractivity contribution >= 4 is 23.1 Å². The standard InChI is InChI=1S/C40H38N2O2/c1-29-11-10-14-33(27-29)36-17-8-9-18-37(36)38(43)28-30-19-21-35(22-20-30)42-25-23-32(24-26-42)39(31-12-4-2-5-13-31)40(44)41-34-15-6-3-7-16-34/h2-22,27,32,39H,23-26,28H2,1H3,(H,41,44). The predicted molar refractivity (Wildman–Crippen MR) is 180 cm³/mol. The minimum atomic E-state index is -0.199. The number of nitrogens with zero attached hydrogens (tertiary/aromatic N) is 1. The van der Waals surface area contributed by atoms with Crippen molar-refractivity contribution in [2.45, 2.75) is 32.1 Å². The molecule has 1 saturated heterocycles. The van der Waals surface area contributed by atoms with Gasteiger partial charge in [-0.15, -0.1) is 0 Å². The quantitative estimate of drug-likeness (QED) is 0.178. The zero-order valence-corrected chi connectivity index (χ0v) is 25.2. The van der Waals surface area contributed by atoms with Crippen LogP contribution in [-0.4, -0.2) is 24.8 Å². The number of aryl methyl sites for hydroxylation is 1. The maximum atomic E-state index is 13.6. The minimum Gasteiger partial charge on any atom is -0.372 e. The van der Waals surface area contributed by atoms with E-state index in [9.17, 15) is 9.59 Å². The van der Waals surface area contributed by atoms with Crippen molar-refractivity contribution < 1.29 is 9.59 Å². The van der Waals surface area contributed by atoms with Crippen molar-refractivity contribution in [2.24, 2.45) is 5.92 Å². The van der Waals surface area contributed by atoms with Gasteiger partial charge in [0.25, 0.3) is 0 Å². The van der Waals surface area contributed by atoms with Crippen LogP contribution < -0.4 is 10.2 Å². The van der Waals surface area contributed by atoms with Crippen LogP contribution in [0.5, 0.6) is 0 Å². The van der Waals surface area contributed by atoms with Crippen LogP contribution >= 0.6 is 0 Å². The molecular formula is C40H38N2O2. The number of hydrogen-bond donors (Lipinski definition) is 1. The third-order valence-corrected chi connectivity index (χ3v) is 8.72. The number of nitrogens with one attached hydrogen (secondary N) is 1. The zero-order chi connectivity index (χ0) is 30.3. The molecule has 1 aliphatic rings. The number of Topliss-reactive ketones (excluding diaryl/α,β-unsaturated/α-hetero) is 1. The summed E-state index contributed by atoms with van der Waals surface area (Å²) in [5.41, 5.74) is 8.04. The number of carbonyl (C=O) groups is 2. The van der Waals surface area contributed by atoms with Crippen molar-refractivity contribution in [2.75, 3.05) is 23.3 Å². The molecule has 4 heteroatoms. The van der Waals surface area contributed by atoms with E-state index < -0.39 is 0 Å². The molecule has 5 aromatic rings. The Morgan fingerprint density at radius 1 is 0.750 bits per heavy atom. The molecule has 0 radical (unpaired) electrons. The highest BCUT2D eigenvalue weighted by molar-refractivity contribution is 6.03. The molecular weight excluding hydrogens is 540 g/mol. The smallest absolute Gasteiger partial charge is 0.232 e. The van der Waals surface area contributed by atoms with Crippen LogP contribution in [0.4, 0.5) is 11.4 Å². The van der Waals surface area contributed by atoms with Gasteiger partial charge in [0.1, 0.15) is 0 Å². The first-order chi connectivity index (χ1) is 21.5. The topological polar surface area (TPSA) is 49.4 Å². The molecule has 0 aromatic heterocycles. The number of piperidine rings is 1. The van der Waals surface area contributed by atoms with Crippen LogP contribution in [0.2, 0.25) is 0 Å². The van der Waals surface area contributed by atoms with Gasteiger partial charge in [-0.3, -0.25) is 9.59 Å². The van der Waals surface area contributed by atoms with Gasteiger partial charge in [0, 0.05) is 36.4 Å². The summed E-state index contributed by atoms with van der Waals surface area (Å²) in [4.78, 5) is 29.4. The lowest BCUT2D eigenvalue weighted by Gasteiger charge is -2.37. The molecule has 1 N–H and O–H groups in total. The lowest BCUT2D eigenvalue weighted by Crippen LogP contribution is -2.38. The van der Waals surface area contributed by atoms with Gasteiger partial charge in [-0.2, -0.15) is 0 Å². The number of ketones is 1. The summed E-state index contributed by atoms with van der Waals surface area (Å²) in [6.45, 7) is 3.84. The first-order valence-corrected chi connectivity index (χ1v) is 15.5. The molecule has 0 aliphatic carbocycles. The van der Waals surface area contributed by atoms with Crippen molar-refractivity contribution in [3.05, 3.63) is 156 Å². The molecule has 1 atom stereocenters. The van der Waals surface area contributed by atoms with Crippen LogP contribution in [-0.2, 0) is 11.2 Å². The molecule has 0 saturated carbocycles. The summed E-state index contributed by atoms with van der Waals surface area (Å²) >= 11 is 0. The minimum absolute atomic E-state index is 0.0545. The van der Waals surface area contributed by atoms with E-state index in [-0.39, 0.29) is 23.5 Å². The van der Waals surface area contributed by atoms with Crippen molar-refractivity contribution in [1.82, 2.24) is 0 Å². The molecule has 44 heavy (non-hydrogen) atoms. The predicted octanol–water partition coefficient (Wildman–Crippen LogP) is 8.73. The molecule has 220 valence electrons. The number of hydrogen-bond acceptors (Lipinski definition) is 3. The van der Waals surface area contributed by atoms with Gasteiger partial charge in [-0.1, -0.05) is 115 Å². The Bertz CT molecular complexity index is 1710. The Morgan fingerprint density at radius 3 is 2.11 bits per heavy atom. The molecule has 4 nitrogen and oxygen atoms in total. The average Bonchev–Trinajstić information content (AvgIpc) is 3.06. The van der Waals surface area contributed by atoms with Crippen LogP contribution in [0.25, 0.3) is 11.1 Å². The van der Waals surface area contributed by atoms with Gasteiger partial charge >= 0.3 is 0 Å². The summed E-state index contributed by atoms with van der Waals surface area (Å²) in [7, 11) is 0. The highest BCUT2D eigenvalue weighted by atomic mass is 16.2. The van der Waals surface area contributed by atoms with E-state index in [4.69, 9.17) is 0 Å². The van der Waals surface area contributed by atoms with Gasteiger partial charge in [0.2, 0.25) is 5.91 Å². The number of para-hydroxylation sites is 1. The second-order valence-electron chi connectivity index (χ2n) is 11.7. The van der Waals surface area contributed by atoms with Crippen LogP contribution in [0.15, 0.2) is 133 Å². The van der Waals surface area contributed by atoms with E-state index in [1.165, 1.54) is 5.56 Å². The highest BCUT2D eigenvalue weighted by Gasteiger charge is 2.33. The van der Waals surface area contributed by atoms with Crippen molar-refractivity contribution in [3.63, 3.8) is 0 Å². The summed E-state index contributed by atoms with van der Waals surface area (Å²) < 4.78 is 0. The maximum absolute atomic E-state index is 13.6. The van der Waals surface area contributed by atoms with Gasteiger partial charge < -0.3 is 10.2 Å². The summed E-state index contributed by atoms with van der Waals surface area (Å²) in [5, 5.41) is 3.15. The largest absolute Gasteiger partial charge is 0.372 e. The third kappa shape index (κ3) is 6.81. The van der Waals surface area contributed by atoms with Gasteiger partial charge in [-0.25, -0.2) is 0 Å². The van der Waals surface area contributed by atoms with Crippen molar-refractivity contribution in [1.29, 1.82) is 0 Å². The van der Waals surface area contributed by atoms with E-state index in [0.29, 0.717) is 6.42 Å². The monoisotopic (exact) mass is 578 g/mol. The first-order valence-electron chi connectivity index (χ1n) is 15.5. The van der Waals surface area contributed by atoms with E-state index >= 15 is 0 Å². The third-order valence-electron chi connectivity index (χ3n) is 8.72. The number of amides is 1. The van der Waals surface area contributed by atoms with Gasteiger partial charge in [-0.05, 0) is 72.2 Å². The number of anilines is 2. The second kappa shape index (κ2) is 13.6. The zero-order valence-electron chi connectivity index (χ0n) is 25.2. The van der Waals surface area contributed by atoms with Gasteiger partial charge in [0.15, 0.2) is 5.78 Å². The summed E-state index contributed by atoms with van der Waals surface area (Å²) in [6, 6.07) is 44.5. The second-order valence-corrected chi connectivity index (χ2v) is 11.7. The van der Waals surface area contributed by atoms with E-state index in [1.807, 2.05) is 78.9 Å². The summed E-state index contributed by atoms with van der Waals surface area (Å²) in [5.74, 6) is 0.229. The Labute approximate surface area is 260 Å². The Kier molecular flexibility index (Phi) is 8.98. The Hall–Kier alpha value is -4.96. The maximum Gasteiger partial charge on any atom is 0.232 e. The van der Waals surface area contributed by atoms with Crippen molar-refractivity contribution in [3.8, 4) is 11.1 Å². The lowest BCUT2D eigenvalue weighted by atomic mass is 9.79. The normalized spacial score (nSPS) is 14.2. The molecule has 1 aliphatic heterocycles. The molecule has 0 bridgehead atoms. The fraction of sp³-hybridized carbons (Fsp3) is 0.200. The molecule has 5 aromatic carbocycles. The van der Waals surface area contributed by atoms with Crippen LogP contribution in [0.1, 0.15) is 45.8 Å². The average molecular weight is 579 g/mol. The molecule has 0 spiro atoms. The van der Waals surface area contributed by atoms with E-state index in [2.05, 4.69) is 71.7 Å². The summed E-state index contributed by atoms with van der Waals surface area (Å²) in [6.07, 6.45) is 2.22.